The van der Waals surface area contributed by atoms with Gasteiger partial charge in [0.25, 0.3) is 0 Å². The molecule has 1 unspecified atom stereocenters. The van der Waals surface area contributed by atoms with Crippen LogP contribution in [0.1, 0.15) is 35.6 Å². The van der Waals surface area contributed by atoms with Crippen LogP contribution in [0.3, 0.4) is 0 Å². The molecular formula is C50H39N. The Morgan fingerprint density at radius 2 is 1.02 bits per heavy atom. The second-order valence-corrected chi connectivity index (χ2v) is 13.8. The molecule has 7 aromatic rings. The highest BCUT2D eigenvalue weighted by Crippen LogP contribution is 2.61. The predicted molar refractivity (Wildman–Crippen MR) is 215 cm³/mol. The highest BCUT2D eigenvalue weighted by Gasteiger charge is 2.50. The van der Waals surface area contributed by atoms with Gasteiger partial charge in [-0.15, -0.1) is 0 Å². The van der Waals surface area contributed by atoms with Crippen molar-refractivity contribution in [3.05, 3.63) is 228 Å². The smallest absolute Gasteiger partial charge is 0.0711 e. The SMILES string of the molecule is CC1C=C2C(=CC1)c1c(N(c3ccc(-c4ccccc4)cc3)c3cccc(-c4ccccc4)c3)cccc1C2(c1ccccc1)c1ccccc1. The zero-order valence-corrected chi connectivity index (χ0v) is 28.8. The molecule has 1 nitrogen and oxygen atoms in total. The summed E-state index contributed by atoms with van der Waals surface area (Å²) in [5.41, 5.74) is 15.8. The molecule has 0 bridgehead atoms. The molecule has 0 radical (unpaired) electrons. The van der Waals surface area contributed by atoms with E-state index in [4.69, 9.17) is 0 Å². The monoisotopic (exact) mass is 653 g/mol. The van der Waals surface area contributed by atoms with Gasteiger partial charge in [0, 0.05) is 16.9 Å². The molecule has 9 rings (SSSR count). The molecule has 0 saturated carbocycles. The molecule has 51 heavy (non-hydrogen) atoms. The lowest BCUT2D eigenvalue weighted by atomic mass is 9.66. The number of fused-ring (bicyclic) bond motifs is 3. The van der Waals surface area contributed by atoms with Gasteiger partial charge in [-0.25, -0.2) is 0 Å². The van der Waals surface area contributed by atoms with E-state index >= 15 is 0 Å². The van der Waals surface area contributed by atoms with Crippen LogP contribution in [0.4, 0.5) is 17.1 Å². The molecule has 2 aliphatic carbocycles. The van der Waals surface area contributed by atoms with Crippen molar-refractivity contribution in [2.75, 3.05) is 4.90 Å². The van der Waals surface area contributed by atoms with E-state index in [0.717, 1.165) is 17.8 Å². The van der Waals surface area contributed by atoms with Gasteiger partial charge in [-0.05, 0) is 92.8 Å². The van der Waals surface area contributed by atoms with Crippen LogP contribution < -0.4 is 4.90 Å². The molecule has 0 fully saturated rings. The van der Waals surface area contributed by atoms with Crippen molar-refractivity contribution in [2.24, 2.45) is 5.92 Å². The lowest BCUT2D eigenvalue weighted by Crippen LogP contribution is -2.29. The largest absolute Gasteiger partial charge is 0.310 e. The van der Waals surface area contributed by atoms with Crippen LogP contribution in [-0.4, -0.2) is 0 Å². The molecule has 0 amide bonds. The van der Waals surface area contributed by atoms with Gasteiger partial charge in [0.2, 0.25) is 0 Å². The maximum Gasteiger partial charge on any atom is 0.0711 e. The van der Waals surface area contributed by atoms with Crippen LogP contribution in [0.25, 0.3) is 27.8 Å². The van der Waals surface area contributed by atoms with Gasteiger partial charge < -0.3 is 4.90 Å². The summed E-state index contributed by atoms with van der Waals surface area (Å²) >= 11 is 0. The van der Waals surface area contributed by atoms with Crippen molar-refractivity contribution in [1.82, 2.24) is 0 Å². The molecule has 0 N–H and O–H groups in total. The summed E-state index contributed by atoms with van der Waals surface area (Å²) < 4.78 is 0. The Morgan fingerprint density at radius 3 is 1.65 bits per heavy atom. The van der Waals surface area contributed by atoms with Gasteiger partial charge in [0.05, 0.1) is 11.1 Å². The Kier molecular flexibility index (Phi) is 7.82. The molecule has 0 aliphatic heterocycles. The molecule has 2 aliphatic rings. The summed E-state index contributed by atoms with van der Waals surface area (Å²) in [7, 11) is 0. The minimum absolute atomic E-state index is 0.441. The van der Waals surface area contributed by atoms with Crippen molar-refractivity contribution in [3.8, 4) is 22.3 Å². The van der Waals surface area contributed by atoms with E-state index in [0.29, 0.717) is 5.92 Å². The first-order valence-corrected chi connectivity index (χ1v) is 18.0. The van der Waals surface area contributed by atoms with Crippen LogP contribution in [0.5, 0.6) is 0 Å². The van der Waals surface area contributed by atoms with Gasteiger partial charge in [0.15, 0.2) is 0 Å². The summed E-state index contributed by atoms with van der Waals surface area (Å²) in [4.78, 5) is 2.47. The minimum atomic E-state index is -0.441. The van der Waals surface area contributed by atoms with Crippen LogP contribution in [0, 0.1) is 5.92 Å². The average molecular weight is 654 g/mol. The second kappa shape index (κ2) is 12.9. The van der Waals surface area contributed by atoms with Crippen molar-refractivity contribution in [3.63, 3.8) is 0 Å². The minimum Gasteiger partial charge on any atom is -0.310 e. The lowest BCUT2D eigenvalue weighted by molar-refractivity contribution is 0.694. The van der Waals surface area contributed by atoms with E-state index in [1.807, 2.05) is 0 Å². The number of hydrogen-bond donors (Lipinski definition) is 0. The van der Waals surface area contributed by atoms with E-state index in [-0.39, 0.29) is 0 Å². The third-order valence-corrected chi connectivity index (χ3v) is 10.7. The summed E-state index contributed by atoms with van der Waals surface area (Å²) in [6, 6.07) is 68.6. The molecule has 0 aromatic heterocycles. The van der Waals surface area contributed by atoms with E-state index in [9.17, 15) is 0 Å². The highest BCUT2D eigenvalue weighted by molar-refractivity contribution is 6.01. The summed E-state index contributed by atoms with van der Waals surface area (Å²) in [6.45, 7) is 2.35. The van der Waals surface area contributed by atoms with Gasteiger partial charge in [-0.1, -0.05) is 177 Å². The van der Waals surface area contributed by atoms with Crippen LogP contribution >= 0.6 is 0 Å². The van der Waals surface area contributed by atoms with Gasteiger partial charge in [0.1, 0.15) is 0 Å². The van der Waals surface area contributed by atoms with Crippen molar-refractivity contribution in [2.45, 2.75) is 18.8 Å². The van der Waals surface area contributed by atoms with Crippen LogP contribution in [-0.2, 0) is 5.41 Å². The number of benzene rings is 7. The Labute approximate surface area is 301 Å². The van der Waals surface area contributed by atoms with E-state index in [1.54, 1.807) is 0 Å². The third-order valence-electron chi connectivity index (χ3n) is 10.7. The fourth-order valence-corrected chi connectivity index (χ4v) is 8.37. The first-order chi connectivity index (χ1) is 25.2. The Morgan fingerprint density at radius 1 is 0.490 bits per heavy atom. The zero-order chi connectivity index (χ0) is 34.2. The van der Waals surface area contributed by atoms with E-state index in [2.05, 4.69) is 212 Å². The standard InChI is InChI=1S/C50H39N/c1-36-28-33-45-47(34-36)50(41-21-10-4-11-22-41,42-23-12-5-13-24-42)46-26-15-27-48(49(45)46)51(43-31-29-39(30-32-43)37-16-6-2-7-17-37)44-25-14-20-40(35-44)38-18-8-3-9-19-38/h2-27,29-36H,28H2,1H3. The number of rotatable bonds is 7. The summed E-state index contributed by atoms with van der Waals surface area (Å²) in [5.74, 6) is 0.442. The summed E-state index contributed by atoms with van der Waals surface area (Å²) in [5, 5.41) is 0. The number of allylic oxidation sites excluding steroid dienone is 4. The van der Waals surface area contributed by atoms with Gasteiger partial charge >= 0.3 is 0 Å². The van der Waals surface area contributed by atoms with Crippen molar-refractivity contribution < 1.29 is 0 Å². The zero-order valence-electron chi connectivity index (χ0n) is 28.8. The number of nitrogens with zero attached hydrogens (tertiary/aromatic N) is 1. The lowest BCUT2D eigenvalue weighted by Gasteiger charge is -2.35. The Hall–Kier alpha value is -6.18. The predicted octanol–water partition coefficient (Wildman–Crippen LogP) is 13.2. The Bertz CT molecular complexity index is 2330. The van der Waals surface area contributed by atoms with Crippen LogP contribution in [0.2, 0.25) is 0 Å². The molecule has 1 atom stereocenters. The van der Waals surface area contributed by atoms with Gasteiger partial charge in [-0.3, -0.25) is 0 Å². The van der Waals surface area contributed by atoms with Crippen LogP contribution in [0.15, 0.2) is 206 Å². The molecule has 0 heterocycles. The molecule has 1 heteroatoms. The molecule has 0 spiro atoms. The second-order valence-electron chi connectivity index (χ2n) is 13.8. The average Bonchev–Trinajstić information content (AvgIpc) is 3.50. The molecule has 0 saturated heterocycles. The molecule has 244 valence electrons. The normalized spacial score (nSPS) is 15.7. The Balaban J connectivity index is 1.32. The van der Waals surface area contributed by atoms with E-state index in [1.165, 1.54) is 61.3 Å². The number of hydrogen-bond acceptors (Lipinski definition) is 1. The first kappa shape index (κ1) is 30.8. The van der Waals surface area contributed by atoms with E-state index < -0.39 is 5.41 Å². The topological polar surface area (TPSA) is 3.24 Å². The maximum absolute atomic E-state index is 2.55. The fourth-order valence-electron chi connectivity index (χ4n) is 8.37. The first-order valence-electron chi connectivity index (χ1n) is 18.0. The third kappa shape index (κ3) is 5.25. The maximum atomic E-state index is 2.55. The molecule has 7 aromatic carbocycles. The number of anilines is 3. The van der Waals surface area contributed by atoms with Gasteiger partial charge in [-0.2, -0.15) is 0 Å². The molecular weight excluding hydrogens is 615 g/mol. The fraction of sp³-hybridized carbons (Fsp3) is 0.0800. The quantitative estimate of drug-likeness (QED) is 0.165. The van der Waals surface area contributed by atoms with Crippen molar-refractivity contribution >= 4 is 22.6 Å². The highest BCUT2D eigenvalue weighted by atomic mass is 15.1. The van der Waals surface area contributed by atoms with Crippen molar-refractivity contribution in [1.29, 1.82) is 0 Å². The summed E-state index contributed by atoms with van der Waals surface area (Å²) in [6.07, 6.45) is 6.07.